The minimum Gasteiger partial charge on any atom is -0.335 e. The molecule has 0 saturated heterocycles. The monoisotopic (exact) mass is 285 g/mol. The third-order valence-electron chi connectivity index (χ3n) is 3.70. The Labute approximate surface area is 123 Å². The summed E-state index contributed by atoms with van der Waals surface area (Å²) < 4.78 is 6.88. The van der Waals surface area contributed by atoms with Gasteiger partial charge in [0.2, 0.25) is 0 Å². The number of hydrogen-bond acceptors (Lipinski definition) is 5. The first kappa shape index (κ1) is 13.8. The van der Waals surface area contributed by atoms with E-state index in [0.29, 0.717) is 6.04 Å². The summed E-state index contributed by atoms with van der Waals surface area (Å²) in [4.78, 5) is 4.23. The zero-order chi connectivity index (χ0) is 14.7. The molecule has 2 heterocycles. The number of nitrogens with one attached hydrogen (secondary N) is 1. The topological polar surface area (TPSA) is 68.8 Å². The summed E-state index contributed by atoms with van der Waals surface area (Å²) >= 11 is 0. The van der Waals surface area contributed by atoms with Crippen LogP contribution in [-0.2, 0) is 13.1 Å². The van der Waals surface area contributed by atoms with Gasteiger partial charge in [0, 0.05) is 31.5 Å². The molecule has 0 aliphatic heterocycles. The number of benzene rings is 1. The molecule has 6 nitrogen and oxygen atoms in total. The highest BCUT2D eigenvalue weighted by atomic mass is 16.6. The van der Waals surface area contributed by atoms with Gasteiger partial charge in [0.15, 0.2) is 0 Å². The van der Waals surface area contributed by atoms with Crippen LogP contribution in [0.15, 0.2) is 35.2 Å². The minimum atomic E-state index is 0.429. The van der Waals surface area contributed by atoms with Gasteiger partial charge in [-0.2, -0.15) is 0 Å². The lowest BCUT2D eigenvalue weighted by Crippen LogP contribution is -2.26. The number of imidazole rings is 1. The van der Waals surface area contributed by atoms with Crippen LogP contribution in [0.3, 0.4) is 0 Å². The third kappa shape index (κ3) is 3.28. The molecule has 0 saturated carbocycles. The number of rotatable bonds is 6. The van der Waals surface area contributed by atoms with Gasteiger partial charge in [-0.15, -0.1) is 0 Å². The molecule has 1 atom stereocenters. The van der Waals surface area contributed by atoms with E-state index in [1.165, 1.54) is 5.56 Å². The van der Waals surface area contributed by atoms with Crippen molar-refractivity contribution < 1.29 is 4.63 Å². The number of hydrogen-bond donors (Lipinski definition) is 1. The van der Waals surface area contributed by atoms with Crippen LogP contribution < -0.4 is 5.32 Å². The molecule has 6 heteroatoms. The quantitative estimate of drug-likeness (QED) is 0.752. The molecule has 0 amide bonds. The fourth-order valence-electron chi connectivity index (χ4n) is 2.30. The molecule has 0 aliphatic carbocycles. The number of fused-ring (bicyclic) bond motifs is 1. The Morgan fingerprint density at radius 1 is 1.29 bits per heavy atom. The molecule has 3 rings (SSSR count). The Morgan fingerprint density at radius 3 is 2.95 bits per heavy atom. The summed E-state index contributed by atoms with van der Waals surface area (Å²) in [6.07, 6.45) is 4.92. The molecule has 3 aromatic rings. The fourth-order valence-corrected chi connectivity index (χ4v) is 2.30. The molecule has 110 valence electrons. The highest BCUT2D eigenvalue weighted by Gasteiger charge is 2.05. The van der Waals surface area contributed by atoms with Gasteiger partial charge in [0.1, 0.15) is 16.9 Å². The molecule has 0 fully saturated rings. The van der Waals surface area contributed by atoms with Gasteiger partial charge in [-0.3, -0.25) is 0 Å². The number of aryl methyl sites for hydroxylation is 2. The molecule has 0 aliphatic rings. The summed E-state index contributed by atoms with van der Waals surface area (Å²) in [5, 5.41) is 11.2. The molecule has 2 aromatic heterocycles. The Kier molecular flexibility index (Phi) is 3.96. The summed E-state index contributed by atoms with van der Waals surface area (Å²) in [7, 11) is 0. The predicted octanol–water partition coefficient (Wildman–Crippen LogP) is 2.30. The van der Waals surface area contributed by atoms with Crippen molar-refractivity contribution in [1.29, 1.82) is 0 Å². The zero-order valence-corrected chi connectivity index (χ0v) is 12.3. The van der Waals surface area contributed by atoms with E-state index in [-0.39, 0.29) is 0 Å². The van der Waals surface area contributed by atoms with Gasteiger partial charge < -0.3 is 9.88 Å². The lowest BCUT2D eigenvalue weighted by molar-refractivity contribution is 0.315. The molecule has 0 bridgehead atoms. The van der Waals surface area contributed by atoms with E-state index in [4.69, 9.17) is 4.63 Å². The van der Waals surface area contributed by atoms with Crippen molar-refractivity contribution in [3.63, 3.8) is 0 Å². The molecule has 0 radical (unpaired) electrons. The zero-order valence-electron chi connectivity index (χ0n) is 12.3. The lowest BCUT2D eigenvalue weighted by atomic mass is 10.1. The summed E-state index contributed by atoms with van der Waals surface area (Å²) in [5.74, 6) is 1.06. The van der Waals surface area contributed by atoms with Crippen LogP contribution >= 0.6 is 0 Å². The van der Waals surface area contributed by atoms with Crippen molar-refractivity contribution in [1.82, 2.24) is 25.2 Å². The van der Waals surface area contributed by atoms with Crippen molar-refractivity contribution >= 4 is 11.0 Å². The second-order valence-corrected chi connectivity index (χ2v) is 5.33. The first-order valence-electron chi connectivity index (χ1n) is 7.14. The Bertz CT molecular complexity index is 718. The minimum absolute atomic E-state index is 0.429. The van der Waals surface area contributed by atoms with Gasteiger partial charge in [-0.25, -0.2) is 9.61 Å². The summed E-state index contributed by atoms with van der Waals surface area (Å²) in [6.45, 7) is 6.01. The van der Waals surface area contributed by atoms with E-state index in [9.17, 15) is 0 Å². The van der Waals surface area contributed by atoms with Crippen LogP contribution in [-0.4, -0.2) is 25.9 Å². The smallest absolute Gasteiger partial charge is 0.135 e. The SMILES string of the molecule is Cc1nccn1CC[C@H](C)NCc1ccc2nonc2c1. The first-order chi connectivity index (χ1) is 10.2. The standard InChI is InChI=1S/C15H19N5O/c1-11(5-7-20-8-6-16-12(20)2)17-10-13-3-4-14-15(9-13)19-21-18-14/h3-4,6,8-9,11,17H,5,7,10H2,1-2H3/t11-/m0/s1. The van der Waals surface area contributed by atoms with E-state index in [2.05, 4.69) is 32.1 Å². The van der Waals surface area contributed by atoms with Crippen LogP contribution in [0, 0.1) is 6.92 Å². The van der Waals surface area contributed by atoms with Crippen molar-refractivity contribution in [3.05, 3.63) is 42.0 Å². The van der Waals surface area contributed by atoms with Crippen LogP contribution in [0.5, 0.6) is 0 Å². The highest BCUT2D eigenvalue weighted by Crippen LogP contribution is 2.11. The predicted molar refractivity (Wildman–Crippen MR) is 79.7 cm³/mol. The Morgan fingerprint density at radius 2 is 2.14 bits per heavy atom. The highest BCUT2D eigenvalue weighted by molar-refractivity contribution is 5.73. The first-order valence-corrected chi connectivity index (χ1v) is 7.14. The maximum Gasteiger partial charge on any atom is 0.135 e. The van der Waals surface area contributed by atoms with Gasteiger partial charge >= 0.3 is 0 Å². The molecule has 1 aromatic carbocycles. The molecule has 1 N–H and O–H groups in total. The maximum atomic E-state index is 4.71. The number of nitrogens with zero attached hydrogens (tertiary/aromatic N) is 4. The van der Waals surface area contributed by atoms with Gasteiger partial charge in [0.05, 0.1) is 0 Å². The van der Waals surface area contributed by atoms with E-state index in [1.54, 1.807) is 0 Å². The summed E-state index contributed by atoms with van der Waals surface area (Å²) in [6, 6.07) is 6.41. The average Bonchev–Trinajstić information content (AvgIpc) is 3.11. The maximum absolute atomic E-state index is 4.71. The van der Waals surface area contributed by atoms with Crippen LogP contribution in [0.2, 0.25) is 0 Å². The van der Waals surface area contributed by atoms with Crippen LogP contribution in [0.25, 0.3) is 11.0 Å². The van der Waals surface area contributed by atoms with Crippen molar-refractivity contribution in [2.24, 2.45) is 0 Å². The van der Waals surface area contributed by atoms with E-state index >= 15 is 0 Å². The van der Waals surface area contributed by atoms with Crippen LogP contribution in [0.4, 0.5) is 0 Å². The van der Waals surface area contributed by atoms with Crippen molar-refractivity contribution in [3.8, 4) is 0 Å². The second-order valence-electron chi connectivity index (χ2n) is 5.33. The van der Waals surface area contributed by atoms with Crippen molar-refractivity contribution in [2.75, 3.05) is 0 Å². The van der Waals surface area contributed by atoms with Gasteiger partial charge in [-0.05, 0) is 48.3 Å². The molecule has 21 heavy (non-hydrogen) atoms. The Balaban J connectivity index is 1.51. The van der Waals surface area contributed by atoms with Gasteiger partial charge in [-0.1, -0.05) is 6.07 Å². The summed E-state index contributed by atoms with van der Waals surface area (Å²) in [5.41, 5.74) is 2.78. The molecule has 0 spiro atoms. The molecular formula is C15H19N5O. The van der Waals surface area contributed by atoms with E-state index in [0.717, 1.165) is 36.4 Å². The average molecular weight is 285 g/mol. The second kappa shape index (κ2) is 6.05. The normalized spacial score (nSPS) is 12.9. The third-order valence-corrected chi connectivity index (χ3v) is 3.70. The van der Waals surface area contributed by atoms with Crippen molar-refractivity contribution in [2.45, 2.75) is 39.4 Å². The Hall–Kier alpha value is -2.21. The molecular weight excluding hydrogens is 266 g/mol. The van der Waals surface area contributed by atoms with Gasteiger partial charge in [0.25, 0.3) is 0 Å². The molecule has 0 unspecified atom stereocenters. The van der Waals surface area contributed by atoms with E-state index in [1.807, 2.05) is 37.5 Å². The van der Waals surface area contributed by atoms with E-state index < -0.39 is 0 Å². The van der Waals surface area contributed by atoms with Crippen LogP contribution in [0.1, 0.15) is 24.7 Å². The largest absolute Gasteiger partial charge is 0.335 e. The fraction of sp³-hybridized carbons (Fsp3) is 0.400. The number of aromatic nitrogens is 4. The lowest BCUT2D eigenvalue weighted by Gasteiger charge is -2.14.